The molecule has 0 aromatic heterocycles. The summed E-state index contributed by atoms with van der Waals surface area (Å²) in [6, 6.07) is 17.3. The van der Waals surface area contributed by atoms with E-state index in [1.807, 2.05) is 0 Å². The van der Waals surface area contributed by atoms with Gasteiger partial charge in [-0.05, 0) is 56.3 Å². The SMILES string of the molecule is C[N+]1=C(/C=C/C=C/C=C2/N(CCCCCC(=O)NCCCN=[N+]=[N-])c3ccccc3C2(C)C)C(C)(C)c2ccccc21.F[B-](F)(F)F. The van der Waals surface area contributed by atoms with Crippen molar-refractivity contribution < 1.29 is 26.6 Å². The Kier molecular flexibility index (Phi) is 13.0. The monoisotopic (exact) mass is 652 g/mol. The number of amides is 1. The number of hydrogen-bond donors (Lipinski definition) is 1. The van der Waals surface area contributed by atoms with Crippen molar-refractivity contribution >= 4 is 30.2 Å². The maximum Gasteiger partial charge on any atom is 0.673 e. The zero-order valence-corrected chi connectivity index (χ0v) is 27.9. The van der Waals surface area contributed by atoms with Crippen LogP contribution in [0.1, 0.15) is 70.9 Å². The molecule has 2 aromatic rings. The second-order valence-corrected chi connectivity index (χ2v) is 12.6. The molecule has 4 rings (SSSR count). The van der Waals surface area contributed by atoms with Crippen LogP contribution in [0.4, 0.5) is 28.6 Å². The van der Waals surface area contributed by atoms with Crippen LogP contribution >= 0.6 is 0 Å². The van der Waals surface area contributed by atoms with Gasteiger partial charge >= 0.3 is 7.25 Å². The number of fused-ring (bicyclic) bond motifs is 2. The van der Waals surface area contributed by atoms with Gasteiger partial charge in [-0.3, -0.25) is 4.79 Å². The summed E-state index contributed by atoms with van der Waals surface area (Å²) in [6.07, 6.45) is 15.0. The molecule has 2 aliphatic rings. The van der Waals surface area contributed by atoms with Crippen LogP contribution in [0.5, 0.6) is 0 Å². The highest BCUT2D eigenvalue weighted by Crippen LogP contribution is 2.47. The Labute approximate surface area is 275 Å². The van der Waals surface area contributed by atoms with Gasteiger partial charge in [0.05, 0.1) is 5.41 Å². The minimum atomic E-state index is -6.00. The zero-order valence-electron chi connectivity index (χ0n) is 27.9. The number of halogens is 4. The third kappa shape index (κ3) is 10.1. The van der Waals surface area contributed by atoms with Crippen molar-refractivity contribution in [1.82, 2.24) is 5.32 Å². The summed E-state index contributed by atoms with van der Waals surface area (Å²) in [6.45, 7) is 11.1. The Morgan fingerprint density at radius 2 is 1.60 bits per heavy atom. The Balaban J connectivity index is 0.00000111. The maximum absolute atomic E-state index is 12.1. The van der Waals surface area contributed by atoms with E-state index in [1.54, 1.807) is 0 Å². The van der Waals surface area contributed by atoms with E-state index in [0.29, 0.717) is 25.9 Å². The second-order valence-electron chi connectivity index (χ2n) is 12.6. The summed E-state index contributed by atoms with van der Waals surface area (Å²) >= 11 is 0. The number of nitrogens with one attached hydrogen (secondary N) is 1. The first-order chi connectivity index (χ1) is 22.2. The minimum absolute atomic E-state index is 0.0339. The van der Waals surface area contributed by atoms with Crippen LogP contribution in [0.25, 0.3) is 10.4 Å². The first kappa shape index (κ1) is 37.2. The highest BCUT2D eigenvalue weighted by Gasteiger charge is 2.42. The quantitative estimate of drug-likeness (QED) is 0.0342. The van der Waals surface area contributed by atoms with Crippen LogP contribution in [-0.2, 0) is 15.6 Å². The first-order valence-corrected chi connectivity index (χ1v) is 16.0. The highest BCUT2D eigenvalue weighted by atomic mass is 19.5. The number of para-hydroxylation sites is 2. The van der Waals surface area contributed by atoms with Crippen LogP contribution in [0.15, 0.2) is 89.7 Å². The van der Waals surface area contributed by atoms with E-state index in [4.69, 9.17) is 5.53 Å². The number of unbranched alkanes of at least 4 members (excludes halogenated alkanes) is 2. The van der Waals surface area contributed by atoms with Crippen LogP contribution < -0.4 is 10.2 Å². The van der Waals surface area contributed by atoms with Gasteiger partial charge in [0.1, 0.15) is 7.05 Å². The molecule has 0 spiro atoms. The van der Waals surface area contributed by atoms with Crippen molar-refractivity contribution in [3.63, 3.8) is 0 Å². The lowest BCUT2D eigenvalue weighted by atomic mass is 9.81. The number of benzene rings is 2. The Hall–Kier alpha value is -4.31. The second kappa shape index (κ2) is 16.5. The number of azide groups is 1. The number of hydrogen-bond acceptors (Lipinski definition) is 3. The van der Waals surface area contributed by atoms with E-state index in [2.05, 4.69) is 138 Å². The largest absolute Gasteiger partial charge is 0.673 e. The lowest BCUT2D eigenvalue weighted by Crippen LogP contribution is -2.27. The van der Waals surface area contributed by atoms with Crippen molar-refractivity contribution in [1.29, 1.82) is 0 Å². The number of anilines is 1. The predicted molar refractivity (Wildman–Crippen MR) is 184 cm³/mol. The van der Waals surface area contributed by atoms with Crippen LogP contribution in [0.2, 0.25) is 0 Å². The normalized spacial score (nSPS) is 17.0. The molecule has 7 nitrogen and oxygen atoms in total. The number of carbonyl (C=O) groups excluding carboxylic acids is 1. The van der Waals surface area contributed by atoms with Crippen molar-refractivity contribution in [3.05, 3.63) is 106 Å². The van der Waals surface area contributed by atoms with E-state index in [9.17, 15) is 22.1 Å². The van der Waals surface area contributed by atoms with Crippen molar-refractivity contribution in [2.45, 2.75) is 70.6 Å². The third-order valence-corrected chi connectivity index (χ3v) is 8.58. The van der Waals surface area contributed by atoms with E-state index in [1.165, 1.54) is 33.9 Å². The molecule has 2 aromatic carbocycles. The number of nitrogens with zero attached hydrogens (tertiary/aromatic N) is 5. The van der Waals surface area contributed by atoms with E-state index >= 15 is 0 Å². The molecule has 12 heteroatoms. The molecule has 0 radical (unpaired) electrons. The van der Waals surface area contributed by atoms with Gasteiger partial charge in [0.25, 0.3) is 0 Å². The molecule has 0 fully saturated rings. The Bertz CT molecular complexity index is 1570. The van der Waals surface area contributed by atoms with Crippen molar-refractivity contribution in [3.8, 4) is 0 Å². The van der Waals surface area contributed by atoms with E-state index in [-0.39, 0.29) is 16.7 Å². The lowest BCUT2D eigenvalue weighted by molar-refractivity contribution is -0.401. The average molecular weight is 653 g/mol. The minimum Gasteiger partial charge on any atom is -0.418 e. The fraction of sp³-hybridized carbons (Fsp3) is 0.429. The molecular formula is C35H45BF4N6O. The molecule has 2 aliphatic heterocycles. The number of allylic oxidation sites excluding steroid dienone is 6. The molecule has 2 heterocycles. The standard InChI is InChI=1S/C35H44N6O.BF4/c1-34(2)27-17-11-13-19-29(27)40(5)31(34)21-8-6-9-22-32-35(3,4)28-18-12-14-20-30(28)41(32)26-15-7-10-23-33(42)37-24-16-25-38-39-36;2-1(3,4)5/h6,8-9,11-14,17-22H,7,10,15-16,23-26H2,1-5H3;/q;-1/p+1. The molecule has 0 bridgehead atoms. The number of carbonyl (C=O) groups is 1. The molecule has 47 heavy (non-hydrogen) atoms. The average Bonchev–Trinajstić information content (AvgIpc) is 3.34. The fourth-order valence-electron chi connectivity index (χ4n) is 6.28. The molecule has 252 valence electrons. The lowest BCUT2D eigenvalue weighted by Gasteiger charge is -2.27. The van der Waals surface area contributed by atoms with Crippen molar-refractivity contribution in [2.24, 2.45) is 5.11 Å². The molecule has 0 saturated carbocycles. The number of rotatable bonds is 13. The predicted octanol–water partition coefficient (Wildman–Crippen LogP) is 9.16. The Morgan fingerprint density at radius 1 is 0.936 bits per heavy atom. The summed E-state index contributed by atoms with van der Waals surface area (Å²) in [7, 11) is -3.85. The first-order valence-electron chi connectivity index (χ1n) is 16.0. The topological polar surface area (TPSA) is 84.1 Å². The molecule has 1 N–H and O–H groups in total. The maximum atomic E-state index is 12.1. The molecule has 1 amide bonds. The molecule has 0 unspecified atom stereocenters. The van der Waals surface area contributed by atoms with Gasteiger partial charge in [-0.15, -0.1) is 0 Å². The highest BCUT2D eigenvalue weighted by molar-refractivity contribution is 6.50. The van der Waals surface area contributed by atoms with Crippen LogP contribution in [-0.4, -0.2) is 50.1 Å². The summed E-state index contributed by atoms with van der Waals surface area (Å²) < 4.78 is 41.3. The van der Waals surface area contributed by atoms with Gasteiger partial charge in [-0.2, -0.15) is 4.58 Å². The molecule has 0 aliphatic carbocycles. The van der Waals surface area contributed by atoms with Gasteiger partial charge in [0.15, 0.2) is 5.71 Å². The molecule has 0 saturated heterocycles. The van der Waals surface area contributed by atoms with Gasteiger partial charge in [0.2, 0.25) is 11.6 Å². The van der Waals surface area contributed by atoms with Gasteiger partial charge in [-0.1, -0.05) is 80.0 Å². The van der Waals surface area contributed by atoms with Crippen LogP contribution in [0, 0.1) is 0 Å². The van der Waals surface area contributed by atoms with Crippen LogP contribution in [0.3, 0.4) is 0 Å². The van der Waals surface area contributed by atoms with Crippen molar-refractivity contribution in [2.75, 3.05) is 31.6 Å². The smallest absolute Gasteiger partial charge is 0.418 e. The Morgan fingerprint density at radius 3 is 2.28 bits per heavy atom. The fourth-order valence-corrected chi connectivity index (χ4v) is 6.28. The third-order valence-electron chi connectivity index (χ3n) is 8.58. The molecular weight excluding hydrogens is 607 g/mol. The summed E-state index contributed by atoms with van der Waals surface area (Å²) in [5, 5.41) is 6.40. The zero-order chi connectivity index (χ0) is 34.7. The van der Waals surface area contributed by atoms with E-state index in [0.717, 1.165) is 25.8 Å². The molecule has 0 atom stereocenters. The summed E-state index contributed by atoms with van der Waals surface area (Å²) in [5.41, 5.74) is 16.0. The van der Waals surface area contributed by atoms with Gasteiger partial charge in [-0.25, -0.2) is 0 Å². The van der Waals surface area contributed by atoms with Gasteiger partial charge < -0.3 is 27.5 Å². The van der Waals surface area contributed by atoms with E-state index < -0.39 is 7.25 Å². The summed E-state index contributed by atoms with van der Waals surface area (Å²) in [4.78, 5) is 17.3. The summed E-state index contributed by atoms with van der Waals surface area (Å²) in [5.74, 6) is 0.0663. The van der Waals surface area contributed by atoms with Gasteiger partial charge in [0, 0.05) is 65.5 Å².